The normalized spacial score (nSPS) is 11.0. The number of pyridine rings is 1. The molecule has 108 valence electrons. The average molecular weight is 302 g/mol. The van der Waals surface area contributed by atoms with Crippen LogP contribution in [0.1, 0.15) is 17.0 Å². The van der Waals surface area contributed by atoms with Gasteiger partial charge in [-0.25, -0.2) is 9.97 Å². The van der Waals surface area contributed by atoms with Crippen molar-refractivity contribution in [3.63, 3.8) is 0 Å². The summed E-state index contributed by atoms with van der Waals surface area (Å²) in [7, 11) is 1.66. The summed E-state index contributed by atoms with van der Waals surface area (Å²) in [6.07, 6.45) is 1.81. The lowest BCUT2D eigenvalue weighted by atomic mass is 10.2. The number of alkyl halides is 1. The van der Waals surface area contributed by atoms with Crippen molar-refractivity contribution in [3.8, 4) is 5.75 Å². The number of aryl methyl sites for hydroxylation is 1. The summed E-state index contributed by atoms with van der Waals surface area (Å²) in [5.41, 5.74) is 4.06. The highest BCUT2D eigenvalue weighted by Gasteiger charge is 2.13. The molecule has 0 aliphatic heterocycles. The van der Waals surface area contributed by atoms with Gasteiger partial charge in [-0.2, -0.15) is 0 Å². The Balaban J connectivity index is 2.04. The van der Waals surface area contributed by atoms with Crippen molar-refractivity contribution in [2.75, 3.05) is 7.11 Å². The third-order valence-corrected chi connectivity index (χ3v) is 3.77. The van der Waals surface area contributed by atoms with Crippen molar-refractivity contribution < 1.29 is 4.74 Å². The van der Waals surface area contributed by atoms with Crippen LogP contribution in [0.15, 0.2) is 36.5 Å². The molecule has 0 saturated carbocycles. The molecule has 0 aliphatic rings. The number of aromatic nitrogens is 3. The van der Waals surface area contributed by atoms with Gasteiger partial charge in [0.2, 0.25) is 0 Å². The fourth-order valence-electron chi connectivity index (χ4n) is 2.37. The van der Waals surface area contributed by atoms with Gasteiger partial charge in [0.15, 0.2) is 5.65 Å². The molecule has 0 fully saturated rings. The topological polar surface area (TPSA) is 39.9 Å². The van der Waals surface area contributed by atoms with E-state index in [9.17, 15) is 0 Å². The summed E-state index contributed by atoms with van der Waals surface area (Å²) in [5, 5.41) is 0. The summed E-state index contributed by atoms with van der Waals surface area (Å²) in [5.74, 6) is 2.05. The van der Waals surface area contributed by atoms with E-state index in [4.69, 9.17) is 16.3 Å². The van der Waals surface area contributed by atoms with Crippen LogP contribution in [-0.2, 0) is 12.4 Å². The Hall–Kier alpha value is -2.07. The van der Waals surface area contributed by atoms with Crippen LogP contribution in [0.25, 0.3) is 11.2 Å². The van der Waals surface area contributed by atoms with Crippen LogP contribution in [0, 0.1) is 6.92 Å². The molecular weight excluding hydrogens is 286 g/mol. The van der Waals surface area contributed by atoms with Crippen LogP contribution in [0.5, 0.6) is 5.75 Å². The minimum Gasteiger partial charge on any atom is -0.497 e. The van der Waals surface area contributed by atoms with E-state index in [-0.39, 0.29) is 0 Å². The molecule has 3 aromatic rings. The first-order valence-electron chi connectivity index (χ1n) is 6.72. The van der Waals surface area contributed by atoms with Gasteiger partial charge in [-0.05, 0) is 36.2 Å². The smallest absolute Gasteiger partial charge is 0.160 e. The van der Waals surface area contributed by atoms with E-state index in [1.807, 2.05) is 43.5 Å². The average Bonchev–Trinajstić information content (AvgIpc) is 2.87. The van der Waals surface area contributed by atoms with E-state index < -0.39 is 0 Å². The van der Waals surface area contributed by atoms with Crippen molar-refractivity contribution in [1.29, 1.82) is 0 Å². The summed E-state index contributed by atoms with van der Waals surface area (Å²) < 4.78 is 7.25. The lowest BCUT2D eigenvalue weighted by molar-refractivity contribution is 0.414. The van der Waals surface area contributed by atoms with Crippen LogP contribution in [0.3, 0.4) is 0 Å². The molecule has 0 unspecified atom stereocenters. The molecule has 0 radical (unpaired) electrons. The lowest BCUT2D eigenvalue weighted by Crippen LogP contribution is -2.04. The Morgan fingerprint density at radius 3 is 2.62 bits per heavy atom. The molecule has 1 aromatic carbocycles. The maximum atomic E-state index is 6.04. The van der Waals surface area contributed by atoms with Crippen molar-refractivity contribution in [3.05, 3.63) is 53.5 Å². The molecule has 0 aliphatic carbocycles. The van der Waals surface area contributed by atoms with Crippen molar-refractivity contribution >= 4 is 22.8 Å². The van der Waals surface area contributed by atoms with Gasteiger partial charge in [-0.1, -0.05) is 12.1 Å². The lowest BCUT2D eigenvalue weighted by Gasteiger charge is -2.08. The van der Waals surface area contributed by atoms with Crippen LogP contribution in [0.2, 0.25) is 0 Å². The fourth-order valence-corrected chi connectivity index (χ4v) is 2.57. The highest BCUT2D eigenvalue weighted by atomic mass is 35.5. The standard InChI is InChI=1S/C16H16ClN3O/c1-11-7-8-18-16-15(11)19-14(9-17)20(16)10-12-3-5-13(21-2)6-4-12/h3-8H,9-10H2,1-2H3. The molecule has 2 aromatic heterocycles. The molecule has 5 heteroatoms. The molecule has 21 heavy (non-hydrogen) atoms. The molecular formula is C16H16ClN3O. The number of imidazole rings is 1. The van der Waals surface area contributed by atoms with E-state index in [0.29, 0.717) is 12.4 Å². The molecule has 4 nitrogen and oxygen atoms in total. The molecule has 3 rings (SSSR count). The van der Waals surface area contributed by atoms with Crippen molar-refractivity contribution in [1.82, 2.24) is 14.5 Å². The summed E-state index contributed by atoms with van der Waals surface area (Å²) in [6, 6.07) is 9.95. The molecule has 0 amide bonds. The second-order valence-electron chi connectivity index (χ2n) is 4.90. The second-order valence-corrected chi connectivity index (χ2v) is 5.16. The number of nitrogens with zero attached hydrogens (tertiary/aromatic N) is 3. The number of hydrogen-bond donors (Lipinski definition) is 0. The molecule has 0 saturated heterocycles. The van der Waals surface area contributed by atoms with E-state index in [1.165, 1.54) is 0 Å². The summed E-state index contributed by atoms with van der Waals surface area (Å²) in [4.78, 5) is 9.06. The zero-order valence-electron chi connectivity index (χ0n) is 12.0. The summed E-state index contributed by atoms with van der Waals surface area (Å²) >= 11 is 6.04. The van der Waals surface area contributed by atoms with Gasteiger partial charge in [0.05, 0.1) is 19.5 Å². The molecule has 0 N–H and O–H groups in total. The fraction of sp³-hybridized carbons (Fsp3) is 0.250. The van der Waals surface area contributed by atoms with Crippen LogP contribution < -0.4 is 4.74 Å². The van der Waals surface area contributed by atoms with Gasteiger partial charge in [0.1, 0.15) is 17.1 Å². The first kappa shape index (κ1) is 13.9. The predicted molar refractivity (Wildman–Crippen MR) is 83.9 cm³/mol. The first-order chi connectivity index (χ1) is 10.2. The number of ether oxygens (including phenoxy) is 1. The third kappa shape index (κ3) is 2.59. The highest BCUT2D eigenvalue weighted by molar-refractivity contribution is 6.16. The van der Waals surface area contributed by atoms with E-state index >= 15 is 0 Å². The molecule has 0 atom stereocenters. The summed E-state index contributed by atoms with van der Waals surface area (Å²) in [6.45, 7) is 2.73. The number of rotatable bonds is 4. The maximum Gasteiger partial charge on any atom is 0.160 e. The monoisotopic (exact) mass is 301 g/mol. The molecule has 0 bridgehead atoms. The van der Waals surface area contributed by atoms with E-state index in [2.05, 4.69) is 14.5 Å². The van der Waals surface area contributed by atoms with Crippen LogP contribution >= 0.6 is 11.6 Å². The van der Waals surface area contributed by atoms with Crippen molar-refractivity contribution in [2.24, 2.45) is 0 Å². The van der Waals surface area contributed by atoms with Gasteiger partial charge in [-0.15, -0.1) is 11.6 Å². The van der Waals surface area contributed by atoms with Gasteiger partial charge in [0, 0.05) is 6.20 Å². The number of halogens is 1. The number of benzene rings is 1. The van der Waals surface area contributed by atoms with Gasteiger partial charge >= 0.3 is 0 Å². The second kappa shape index (κ2) is 5.74. The zero-order chi connectivity index (χ0) is 14.8. The Morgan fingerprint density at radius 1 is 1.19 bits per heavy atom. The Labute approximate surface area is 128 Å². The minimum absolute atomic E-state index is 0.367. The van der Waals surface area contributed by atoms with Gasteiger partial charge in [0.25, 0.3) is 0 Å². The third-order valence-electron chi connectivity index (χ3n) is 3.53. The minimum atomic E-state index is 0.367. The zero-order valence-corrected chi connectivity index (χ0v) is 12.8. The Kier molecular flexibility index (Phi) is 3.80. The van der Waals surface area contributed by atoms with E-state index in [1.54, 1.807) is 7.11 Å². The highest BCUT2D eigenvalue weighted by Crippen LogP contribution is 2.21. The number of fused-ring (bicyclic) bond motifs is 1. The number of methoxy groups -OCH3 is 1. The van der Waals surface area contributed by atoms with Crippen LogP contribution in [0.4, 0.5) is 0 Å². The van der Waals surface area contributed by atoms with Crippen LogP contribution in [-0.4, -0.2) is 21.6 Å². The SMILES string of the molecule is COc1ccc(Cn2c(CCl)nc3c(C)ccnc32)cc1. The number of hydrogen-bond acceptors (Lipinski definition) is 3. The Morgan fingerprint density at radius 2 is 1.95 bits per heavy atom. The first-order valence-corrected chi connectivity index (χ1v) is 7.26. The van der Waals surface area contributed by atoms with E-state index in [0.717, 1.165) is 33.9 Å². The molecule has 0 spiro atoms. The largest absolute Gasteiger partial charge is 0.497 e. The van der Waals surface area contributed by atoms with Crippen molar-refractivity contribution in [2.45, 2.75) is 19.3 Å². The Bertz CT molecular complexity index is 765. The maximum absolute atomic E-state index is 6.04. The predicted octanol–water partition coefficient (Wildman–Crippen LogP) is 3.54. The quantitative estimate of drug-likeness (QED) is 0.692. The van der Waals surface area contributed by atoms with Gasteiger partial charge in [-0.3, -0.25) is 0 Å². The molecule has 2 heterocycles. The van der Waals surface area contributed by atoms with Gasteiger partial charge < -0.3 is 9.30 Å².